The van der Waals surface area contributed by atoms with Gasteiger partial charge in [0.05, 0.1) is 11.3 Å². The van der Waals surface area contributed by atoms with Crippen molar-refractivity contribution in [3.05, 3.63) is 42.1 Å². The highest BCUT2D eigenvalue weighted by molar-refractivity contribution is 7.88. The van der Waals surface area contributed by atoms with Crippen molar-refractivity contribution in [2.75, 3.05) is 13.1 Å². The van der Waals surface area contributed by atoms with Crippen LogP contribution in [0.1, 0.15) is 24.8 Å². The molecule has 0 amide bonds. The van der Waals surface area contributed by atoms with E-state index in [9.17, 15) is 8.42 Å². The summed E-state index contributed by atoms with van der Waals surface area (Å²) in [5.74, 6) is 0.0361. The molecule has 24 heavy (non-hydrogen) atoms. The highest BCUT2D eigenvalue weighted by Crippen LogP contribution is 2.32. The lowest BCUT2D eigenvalue weighted by Crippen LogP contribution is -2.43. The van der Waals surface area contributed by atoms with Gasteiger partial charge in [-0.25, -0.2) is 8.42 Å². The van der Waals surface area contributed by atoms with Gasteiger partial charge in [-0.3, -0.25) is 4.98 Å². The molecule has 1 N–H and O–H groups in total. The van der Waals surface area contributed by atoms with Crippen LogP contribution in [0.2, 0.25) is 0 Å². The molecule has 2 atom stereocenters. The number of rotatable bonds is 3. The lowest BCUT2D eigenvalue weighted by molar-refractivity contribution is 0.334. The Morgan fingerprint density at radius 3 is 2.79 bits per heavy atom. The minimum Gasteiger partial charge on any atom is -0.315 e. The van der Waals surface area contributed by atoms with Gasteiger partial charge >= 0.3 is 0 Å². The quantitative estimate of drug-likeness (QED) is 0.904. The van der Waals surface area contributed by atoms with Gasteiger partial charge in [-0.1, -0.05) is 24.3 Å². The summed E-state index contributed by atoms with van der Waals surface area (Å²) in [5, 5.41) is 4.34. The molecule has 2 aliphatic heterocycles. The third kappa shape index (κ3) is 3.16. The van der Waals surface area contributed by atoms with Gasteiger partial charge in [0.1, 0.15) is 0 Å². The lowest BCUT2D eigenvalue weighted by atomic mass is 10.1. The van der Waals surface area contributed by atoms with Gasteiger partial charge in [-0.05, 0) is 37.4 Å². The first-order valence-corrected chi connectivity index (χ1v) is 9.80. The van der Waals surface area contributed by atoms with Crippen molar-refractivity contribution in [3.63, 3.8) is 0 Å². The molecule has 5 nitrogen and oxygen atoms in total. The molecule has 2 saturated heterocycles. The first kappa shape index (κ1) is 17.6. The zero-order valence-electron chi connectivity index (χ0n) is 13.4. The second-order valence-corrected chi connectivity index (χ2v) is 8.33. The summed E-state index contributed by atoms with van der Waals surface area (Å²) < 4.78 is 28.0. The van der Waals surface area contributed by atoms with Crippen molar-refractivity contribution in [1.82, 2.24) is 14.6 Å². The van der Waals surface area contributed by atoms with Crippen molar-refractivity contribution < 1.29 is 8.42 Å². The van der Waals surface area contributed by atoms with Gasteiger partial charge in [-0.15, -0.1) is 12.4 Å². The van der Waals surface area contributed by atoms with Crippen LogP contribution in [0.15, 0.2) is 36.5 Å². The normalized spacial score (nSPS) is 24.5. The first-order valence-electron chi connectivity index (χ1n) is 8.20. The number of hydrogen-bond donors (Lipinski definition) is 1. The monoisotopic (exact) mass is 367 g/mol. The standard InChI is InChI=1S/C17H21N3O2S.ClH/c21-23(22,20-15-6-7-16(20)11-18-10-8-15)12-14-4-1-3-13-5-2-9-19-17(13)14;/h1-5,9,15-16,18H,6-8,10-12H2;1H. The van der Waals surface area contributed by atoms with Crippen LogP contribution in [0.5, 0.6) is 0 Å². The molecular formula is C17H22ClN3O2S. The van der Waals surface area contributed by atoms with Gasteiger partial charge in [0.25, 0.3) is 0 Å². The minimum atomic E-state index is -3.33. The second kappa shape index (κ2) is 6.96. The average Bonchev–Trinajstić information content (AvgIpc) is 2.81. The predicted molar refractivity (Wildman–Crippen MR) is 97.8 cm³/mol. The molecule has 2 aliphatic rings. The summed E-state index contributed by atoms with van der Waals surface area (Å²) in [4.78, 5) is 4.39. The van der Waals surface area contributed by atoms with Gasteiger partial charge in [0, 0.05) is 30.2 Å². The Kier molecular flexibility index (Phi) is 5.11. The van der Waals surface area contributed by atoms with Gasteiger partial charge < -0.3 is 5.32 Å². The SMILES string of the molecule is Cl.O=S(=O)(Cc1cccc2cccnc12)N1C2CCNCC1CC2. The molecule has 2 bridgehead atoms. The summed E-state index contributed by atoms with van der Waals surface area (Å²) in [6.45, 7) is 1.67. The molecule has 2 aromatic rings. The number of para-hydroxylation sites is 1. The Hall–Kier alpha value is -1.21. The first-order chi connectivity index (χ1) is 11.1. The molecule has 2 unspecified atom stereocenters. The fourth-order valence-electron chi connectivity index (χ4n) is 3.95. The van der Waals surface area contributed by atoms with E-state index in [1.54, 1.807) is 10.5 Å². The Bertz CT molecular complexity index is 808. The molecule has 0 spiro atoms. The van der Waals surface area contributed by atoms with Crippen LogP contribution in [0.25, 0.3) is 10.9 Å². The van der Waals surface area contributed by atoms with Crippen LogP contribution in [0.3, 0.4) is 0 Å². The van der Waals surface area contributed by atoms with E-state index in [-0.39, 0.29) is 30.2 Å². The van der Waals surface area contributed by atoms with Crippen molar-refractivity contribution in [2.45, 2.75) is 37.1 Å². The Labute approximate surface area is 148 Å². The fourth-order valence-corrected chi connectivity index (χ4v) is 6.02. The fraction of sp³-hybridized carbons (Fsp3) is 0.471. The number of halogens is 1. The molecule has 1 aromatic heterocycles. The predicted octanol–water partition coefficient (Wildman–Crippen LogP) is 2.31. The Balaban J connectivity index is 0.00000169. The maximum Gasteiger partial charge on any atom is 0.218 e. The maximum atomic E-state index is 13.1. The highest BCUT2D eigenvalue weighted by Gasteiger charge is 2.42. The van der Waals surface area contributed by atoms with E-state index in [1.165, 1.54) is 0 Å². The molecule has 4 rings (SSSR count). The smallest absolute Gasteiger partial charge is 0.218 e. The lowest BCUT2D eigenvalue weighted by Gasteiger charge is -2.27. The van der Waals surface area contributed by atoms with E-state index in [2.05, 4.69) is 10.3 Å². The Morgan fingerprint density at radius 2 is 1.92 bits per heavy atom. The molecule has 3 heterocycles. The molecule has 0 radical (unpaired) electrons. The van der Waals surface area contributed by atoms with Crippen molar-refractivity contribution in [2.24, 2.45) is 0 Å². The number of nitrogens with zero attached hydrogens (tertiary/aromatic N) is 2. The molecular weight excluding hydrogens is 346 g/mol. The maximum absolute atomic E-state index is 13.1. The van der Waals surface area contributed by atoms with E-state index in [0.29, 0.717) is 0 Å². The van der Waals surface area contributed by atoms with Crippen molar-refractivity contribution in [1.29, 1.82) is 0 Å². The third-order valence-electron chi connectivity index (χ3n) is 4.96. The van der Waals surface area contributed by atoms with Crippen LogP contribution < -0.4 is 5.32 Å². The van der Waals surface area contributed by atoms with Crippen LogP contribution >= 0.6 is 12.4 Å². The number of benzene rings is 1. The van der Waals surface area contributed by atoms with Gasteiger partial charge in [-0.2, -0.15) is 4.31 Å². The van der Waals surface area contributed by atoms with Crippen molar-refractivity contribution in [3.8, 4) is 0 Å². The molecule has 0 aliphatic carbocycles. The number of hydrogen-bond acceptors (Lipinski definition) is 4. The number of sulfonamides is 1. The highest BCUT2D eigenvalue weighted by atomic mass is 35.5. The van der Waals surface area contributed by atoms with Gasteiger partial charge in [0.2, 0.25) is 10.0 Å². The van der Waals surface area contributed by atoms with E-state index >= 15 is 0 Å². The second-order valence-electron chi connectivity index (χ2n) is 6.46. The number of pyridine rings is 1. The topological polar surface area (TPSA) is 62.3 Å². The summed E-state index contributed by atoms with van der Waals surface area (Å²) in [5.41, 5.74) is 1.58. The zero-order chi connectivity index (χ0) is 15.9. The summed E-state index contributed by atoms with van der Waals surface area (Å²) in [7, 11) is -3.33. The molecule has 130 valence electrons. The van der Waals surface area contributed by atoms with E-state index in [1.807, 2.05) is 30.3 Å². The van der Waals surface area contributed by atoms with E-state index in [4.69, 9.17) is 0 Å². The molecule has 2 fully saturated rings. The molecule has 7 heteroatoms. The van der Waals surface area contributed by atoms with Crippen LogP contribution in [0, 0.1) is 0 Å². The summed E-state index contributed by atoms with van der Waals surface area (Å²) >= 11 is 0. The van der Waals surface area contributed by atoms with E-state index in [0.717, 1.165) is 48.8 Å². The number of fused-ring (bicyclic) bond motifs is 3. The van der Waals surface area contributed by atoms with Crippen LogP contribution in [0.4, 0.5) is 0 Å². The van der Waals surface area contributed by atoms with Crippen LogP contribution in [-0.2, 0) is 15.8 Å². The van der Waals surface area contributed by atoms with Gasteiger partial charge in [0.15, 0.2) is 0 Å². The average molecular weight is 368 g/mol. The number of nitrogens with one attached hydrogen (secondary N) is 1. The molecule has 0 saturated carbocycles. The largest absolute Gasteiger partial charge is 0.315 e. The minimum absolute atomic E-state index is 0. The van der Waals surface area contributed by atoms with Crippen LogP contribution in [-0.4, -0.2) is 42.9 Å². The molecule has 1 aromatic carbocycles. The summed E-state index contributed by atoms with van der Waals surface area (Å²) in [6, 6.07) is 9.87. The zero-order valence-corrected chi connectivity index (χ0v) is 15.0. The van der Waals surface area contributed by atoms with E-state index < -0.39 is 10.0 Å². The number of aromatic nitrogens is 1. The third-order valence-corrected chi connectivity index (χ3v) is 6.88. The van der Waals surface area contributed by atoms with Crippen molar-refractivity contribution >= 4 is 33.3 Å². The Morgan fingerprint density at radius 1 is 1.12 bits per heavy atom. The summed E-state index contributed by atoms with van der Waals surface area (Å²) in [6.07, 6.45) is 4.57.